The highest BCUT2D eigenvalue weighted by Gasteiger charge is 2.16. The normalized spacial score (nSPS) is 13.0. The minimum atomic E-state index is -0.779. The second kappa shape index (κ2) is 67.6. The lowest BCUT2D eigenvalue weighted by atomic mass is 10.0. The maximum Gasteiger partial charge on any atom is 0.306 e. The van der Waals surface area contributed by atoms with Gasteiger partial charge in [-0.1, -0.05) is 315 Å². The maximum absolute atomic E-state index is 12.4. The standard InChI is InChI=1S/C73H124O5/c1-3-5-7-9-11-13-15-17-19-21-23-25-27-29-30-31-32-33-34-35-36-37-38-39-40-41-42-44-46-48-50-52-54-56-58-60-62-64-66-68-73(76)78-71(69-74)70-77-72(75)67-65-63-61-59-57-55-53-51-49-47-45-43-28-26-24-22-20-18-16-14-12-10-8-6-4-2/h5-8,11-14,17-20,23-26,29-30,32-33,71,74H,3-4,9-10,15-16,21-22,27-28,31,34-70H2,1-2H3/b7-5-,8-6-,13-11-,14-12-,19-17-,20-18-,25-23-,26-24-,30-29-,33-32-. The van der Waals surface area contributed by atoms with Crippen LogP contribution in [0.25, 0.3) is 0 Å². The summed E-state index contributed by atoms with van der Waals surface area (Å²) in [7, 11) is 0. The molecule has 78 heavy (non-hydrogen) atoms. The number of carbonyl (C=O) groups is 2. The summed E-state index contributed by atoms with van der Waals surface area (Å²) < 4.78 is 10.7. The van der Waals surface area contributed by atoms with Gasteiger partial charge in [-0.05, 0) is 103 Å². The van der Waals surface area contributed by atoms with E-state index in [4.69, 9.17) is 9.47 Å². The first-order valence-electron chi connectivity index (χ1n) is 33.1. The number of allylic oxidation sites excluding steroid dienone is 20. The zero-order chi connectivity index (χ0) is 56.2. The molecule has 0 saturated heterocycles. The fraction of sp³-hybridized carbons (Fsp3) is 0.699. The zero-order valence-electron chi connectivity index (χ0n) is 51.1. The van der Waals surface area contributed by atoms with E-state index in [2.05, 4.69) is 135 Å². The van der Waals surface area contributed by atoms with Crippen molar-refractivity contribution in [3.63, 3.8) is 0 Å². The Bertz CT molecular complexity index is 1550. The van der Waals surface area contributed by atoms with Gasteiger partial charge in [0.25, 0.3) is 0 Å². The molecule has 0 rings (SSSR count). The number of aliphatic hydroxyl groups excluding tert-OH is 1. The quantitative estimate of drug-likeness (QED) is 0.0373. The number of aliphatic hydroxyl groups is 1. The van der Waals surface area contributed by atoms with Gasteiger partial charge >= 0.3 is 11.9 Å². The molecule has 446 valence electrons. The van der Waals surface area contributed by atoms with Crippen molar-refractivity contribution < 1.29 is 24.2 Å². The highest BCUT2D eigenvalue weighted by molar-refractivity contribution is 5.70. The molecule has 0 amide bonds. The van der Waals surface area contributed by atoms with Crippen molar-refractivity contribution in [2.24, 2.45) is 0 Å². The summed E-state index contributed by atoms with van der Waals surface area (Å²) >= 11 is 0. The van der Waals surface area contributed by atoms with Crippen molar-refractivity contribution in [2.45, 2.75) is 315 Å². The van der Waals surface area contributed by atoms with Crippen molar-refractivity contribution in [3.8, 4) is 0 Å². The molecule has 0 aromatic rings. The molecule has 0 bridgehead atoms. The average Bonchev–Trinajstić information content (AvgIpc) is 3.44. The van der Waals surface area contributed by atoms with E-state index >= 15 is 0 Å². The smallest absolute Gasteiger partial charge is 0.306 e. The van der Waals surface area contributed by atoms with Crippen LogP contribution in [0, 0.1) is 0 Å². The van der Waals surface area contributed by atoms with Gasteiger partial charge in [-0.2, -0.15) is 0 Å². The Morgan fingerprint density at radius 1 is 0.295 bits per heavy atom. The molecule has 0 fully saturated rings. The van der Waals surface area contributed by atoms with E-state index < -0.39 is 6.10 Å². The number of carbonyl (C=O) groups excluding carboxylic acids is 2. The fourth-order valence-corrected chi connectivity index (χ4v) is 9.38. The third-order valence-electron chi connectivity index (χ3n) is 14.3. The third kappa shape index (κ3) is 64.8. The summed E-state index contributed by atoms with van der Waals surface area (Å²) in [6.45, 7) is 3.94. The molecule has 0 heterocycles. The SMILES string of the molecule is CC/C=C\C/C=C\C/C=C\C/C=C\C/C=C\C/C=C\CCCCCCCCCCCCCCCCCCCCCCC(=O)OC(CO)COC(=O)CCCCCCCCCCCCCC/C=C\C/C=C\C/C=C\C/C=C\CC. The molecular formula is C73H124O5. The van der Waals surface area contributed by atoms with Gasteiger partial charge in [0.15, 0.2) is 6.10 Å². The van der Waals surface area contributed by atoms with Crippen LogP contribution in [0.15, 0.2) is 122 Å². The Morgan fingerprint density at radius 3 is 0.769 bits per heavy atom. The first kappa shape index (κ1) is 74.3. The molecule has 0 saturated carbocycles. The number of hydrogen-bond donors (Lipinski definition) is 1. The van der Waals surface area contributed by atoms with Gasteiger partial charge in [-0.3, -0.25) is 9.59 Å². The molecule has 0 radical (unpaired) electrons. The largest absolute Gasteiger partial charge is 0.462 e. The Balaban J connectivity index is 3.46. The Hall–Kier alpha value is -3.70. The van der Waals surface area contributed by atoms with Crippen LogP contribution in [0.4, 0.5) is 0 Å². The molecule has 0 aliphatic rings. The topological polar surface area (TPSA) is 72.8 Å². The van der Waals surface area contributed by atoms with Gasteiger partial charge in [-0.15, -0.1) is 0 Å². The monoisotopic (exact) mass is 1080 g/mol. The Labute approximate surface area is 483 Å². The van der Waals surface area contributed by atoms with E-state index in [9.17, 15) is 14.7 Å². The average molecular weight is 1080 g/mol. The summed E-state index contributed by atoms with van der Waals surface area (Å²) in [6.07, 6.45) is 99.3. The molecular weight excluding hydrogens is 957 g/mol. The highest BCUT2D eigenvalue weighted by atomic mass is 16.6. The predicted octanol–water partition coefficient (Wildman–Crippen LogP) is 23.0. The molecule has 0 aliphatic heterocycles. The predicted molar refractivity (Wildman–Crippen MR) is 343 cm³/mol. The van der Waals surface area contributed by atoms with Gasteiger partial charge < -0.3 is 14.6 Å². The van der Waals surface area contributed by atoms with Crippen molar-refractivity contribution in [3.05, 3.63) is 122 Å². The lowest BCUT2D eigenvalue weighted by Gasteiger charge is -2.15. The van der Waals surface area contributed by atoms with Crippen LogP contribution >= 0.6 is 0 Å². The molecule has 1 atom stereocenters. The highest BCUT2D eigenvalue weighted by Crippen LogP contribution is 2.17. The van der Waals surface area contributed by atoms with E-state index in [-0.39, 0.29) is 25.2 Å². The van der Waals surface area contributed by atoms with E-state index in [0.717, 1.165) is 103 Å². The van der Waals surface area contributed by atoms with Gasteiger partial charge in [-0.25, -0.2) is 0 Å². The second-order valence-corrected chi connectivity index (χ2v) is 21.8. The van der Waals surface area contributed by atoms with Gasteiger partial charge in [0, 0.05) is 12.8 Å². The molecule has 0 aromatic heterocycles. The Kier molecular flexibility index (Phi) is 64.4. The molecule has 0 spiro atoms. The lowest BCUT2D eigenvalue weighted by molar-refractivity contribution is -0.161. The van der Waals surface area contributed by atoms with Crippen LogP contribution in [0.2, 0.25) is 0 Å². The van der Waals surface area contributed by atoms with Crippen molar-refractivity contribution in [1.29, 1.82) is 0 Å². The molecule has 1 unspecified atom stereocenters. The van der Waals surface area contributed by atoms with Crippen LogP contribution in [-0.4, -0.2) is 36.4 Å². The van der Waals surface area contributed by atoms with Gasteiger partial charge in [0.05, 0.1) is 6.61 Å². The Morgan fingerprint density at radius 2 is 0.513 bits per heavy atom. The first-order chi connectivity index (χ1) is 38.6. The second-order valence-electron chi connectivity index (χ2n) is 21.8. The van der Waals surface area contributed by atoms with Crippen molar-refractivity contribution >= 4 is 11.9 Å². The summed E-state index contributed by atoms with van der Waals surface area (Å²) in [5, 5.41) is 9.69. The molecule has 0 aliphatic carbocycles. The van der Waals surface area contributed by atoms with Gasteiger partial charge in [0.2, 0.25) is 0 Å². The van der Waals surface area contributed by atoms with Crippen LogP contribution in [0.1, 0.15) is 309 Å². The van der Waals surface area contributed by atoms with Crippen molar-refractivity contribution in [1.82, 2.24) is 0 Å². The maximum atomic E-state index is 12.4. The fourth-order valence-electron chi connectivity index (χ4n) is 9.38. The van der Waals surface area contributed by atoms with E-state index in [1.807, 2.05) is 0 Å². The number of esters is 2. The van der Waals surface area contributed by atoms with E-state index in [1.165, 1.54) is 180 Å². The van der Waals surface area contributed by atoms with E-state index in [0.29, 0.717) is 12.8 Å². The minimum absolute atomic E-state index is 0.0686. The molecule has 1 N–H and O–H groups in total. The molecule has 5 heteroatoms. The van der Waals surface area contributed by atoms with E-state index in [1.54, 1.807) is 0 Å². The number of rotatable bonds is 60. The molecule has 0 aromatic carbocycles. The molecule has 5 nitrogen and oxygen atoms in total. The first-order valence-corrected chi connectivity index (χ1v) is 33.1. The summed E-state index contributed by atoms with van der Waals surface area (Å²) in [5.41, 5.74) is 0. The third-order valence-corrected chi connectivity index (χ3v) is 14.3. The summed E-state index contributed by atoms with van der Waals surface area (Å²) in [4.78, 5) is 24.6. The van der Waals surface area contributed by atoms with Gasteiger partial charge in [0.1, 0.15) is 6.61 Å². The zero-order valence-corrected chi connectivity index (χ0v) is 51.1. The summed E-state index contributed by atoms with van der Waals surface area (Å²) in [6, 6.07) is 0. The van der Waals surface area contributed by atoms with Crippen molar-refractivity contribution in [2.75, 3.05) is 13.2 Å². The van der Waals surface area contributed by atoms with Crippen LogP contribution < -0.4 is 0 Å². The van der Waals surface area contributed by atoms with Crippen LogP contribution in [0.3, 0.4) is 0 Å². The number of ether oxygens (including phenoxy) is 2. The lowest BCUT2D eigenvalue weighted by Crippen LogP contribution is -2.28. The van der Waals surface area contributed by atoms with Crippen LogP contribution in [-0.2, 0) is 19.1 Å². The number of unbranched alkanes of at least 4 members (excludes halogenated alkanes) is 32. The van der Waals surface area contributed by atoms with Crippen LogP contribution in [0.5, 0.6) is 0 Å². The minimum Gasteiger partial charge on any atom is -0.462 e. The number of hydrogen-bond acceptors (Lipinski definition) is 5. The summed E-state index contributed by atoms with van der Waals surface area (Å²) in [5.74, 6) is -0.585.